The maximum atomic E-state index is 11.1. The molecule has 0 saturated carbocycles. The van der Waals surface area contributed by atoms with E-state index in [9.17, 15) is 33.9 Å². The van der Waals surface area contributed by atoms with Crippen molar-refractivity contribution >= 4 is 21.5 Å². The third-order valence-electron chi connectivity index (χ3n) is 2.44. The van der Waals surface area contributed by atoms with E-state index < -0.39 is 105 Å². The second kappa shape index (κ2) is 9.14. The van der Waals surface area contributed by atoms with Gasteiger partial charge in [0, 0.05) is 36.1 Å². The van der Waals surface area contributed by atoms with Crippen LogP contribution in [0.1, 0.15) is 43.1 Å². The van der Waals surface area contributed by atoms with Gasteiger partial charge in [-0.2, -0.15) is 8.42 Å². The Morgan fingerprint density at radius 2 is 1.86 bits per heavy atom. The second-order valence-corrected chi connectivity index (χ2v) is 6.02. The average molecular weight is 430 g/mol. The number of pyridine rings is 2. The van der Waals surface area contributed by atoms with Crippen molar-refractivity contribution < 1.29 is 52.9 Å². The molecule has 1 N–H and O–H groups in total. The molecule has 0 amide bonds. The summed E-state index contributed by atoms with van der Waals surface area (Å²) >= 11 is 0. The highest BCUT2D eigenvalue weighted by Gasteiger charge is 2.19. The molecule has 0 fully saturated rings. The zero-order chi connectivity index (χ0) is 34.4. The number of hydrogen-bond acceptors (Lipinski definition) is 9. The first kappa shape index (κ1) is 8.87. The summed E-state index contributed by atoms with van der Waals surface area (Å²) in [6.45, 7) is -13.2. The van der Waals surface area contributed by atoms with E-state index in [1.165, 1.54) is 0 Å². The molecule has 0 aliphatic heterocycles. The molecular formula is C15H19N4O8S+. The second-order valence-electron chi connectivity index (χ2n) is 4.45. The van der Waals surface area contributed by atoms with Crippen LogP contribution < -0.4 is 4.73 Å². The summed E-state index contributed by atoms with van der Waals surface area (Å²) in [6, 6.07) is -2.32. The minimum atomic E-state index is -4.42. The standard InChI is InChI=1S/C8H10N2O5S.C7H9N2O3/c1-6-7(5-15-16(2,13)14)9-4-3-8(6)10(11)12;1-5-6(2)8(10)4-3-7(5)9(11)12/h3-4H,5H2,1-2H3;3-4,10H,1-2H3/q;+1/i1D3,3D,4D,5D2;1D3,2D3,3D,4D. The third kappa shape index (κ3) is 6.21. The molecule has 0 spiro atoms. The van der Waals surface area contributed by atoms with Gasteiger partial charge in [-0.05, 0) is 13.7 Å². The van der Waals surface area contributed by atoms with Gasteiger partial charge in [0.1, 0.15) is 7.93 Å². The van der Waals surface area contributed by atoms with Crippen LogP contribution in [0.2, 0.25) is 0 Å². The van der Waals surface area contributed by atoms with Crippen molar-refractivity contribution in [1.29, 1.82) is 0 Å². The highest BCUT2D eigenvalue weighted by Crippen LogP contribution is 2.20. The Hall–Kier alpha value is -3.19. The molecule has 28 heavy (non-hydrogen) atoms. The van der Waals surface area contributed by atoms with E-state index in [1.54, 1.807) is 0 Å². The Labute approximate surface area is 181 Å². The lowest BCUT2D eigenvalue weighted by atomic mass is 10.2. The molecule has 12 nitrogen and oxygen atoms in total. The molecule has 0 radical (unpaired) electrons. The van der Waals surface area contributed by atoms with Crippen LogP contribution in [0.15, 0.2) is 24.4 Å². The van der Waals surface area contributed by atoms with Crippen molar-refractivity contribution in [3.8, 4) is 0 Å². The van der Waals surface area contributed by atoms with Crippen LogP contribution >= 0.6 is 0 Å². The predicted octanol–water partition coefficient (Wildman–Crippen LogP) is 1.51. The number of hydrogen-bond donors (Lipinski definition) is 1. The van der Waals surface area contributed by atoms with Crippen LogP contribution in [0.5, 0.6) is 0 Å². The summed E-state index contributed by atoms with van der Waals surface area (Å²) in [5.74, 6) is 0. The molecule has 152 valence electrons. The summed E-state index contributed by atoms with van der Waals surface area (Å²) in [5.41, 5.74) is -7.80. The summed E-state index contributed by atoms with van der Waals surface area (Å²) in [6.07, 6.45) is -1.80. The van der Waals surface area contributed by atoms with Crippen LogP contribution in [0, 0.1) is 40.8 Å². The van der Waals surface area contributed by atoms with Crippen molar-refractivity contribution in [1.82, 2.24) is 4.98 Å². The smallest absolute Gasteiger partial charge is 0.284 e. The molecule has 0 unspecified atom stereocenters. The van der Waals surface area contributed by atoms with E-state index in [4.69, 9.17) is 20.6 Å². The molecule has 2 aromatic rings. The van der Waals surface area contributed by atoms with Crippen molar-refractivity contribution in [3.63, 3.8) is 0 Å². The zero-order valence-electron chi connectivity index (χ0n) is 28.5. The topological polar surface area (TPSA) is 167 Å². The molecule has 0 saturated heterocycles. The van der Waals surface area contributed by atoms with Gasteiger partial charge in [0.25, 0.3) is 21.5 Å². The van der Waals surface area contributed by atoms with E-state index in [-0.39, 0.29) is 4.73 Å². The van der Waals surface area contributed by atoms with Gasteiger partial charge in [0.15, 0.2) is 0 Å². The number of nitro groups is 2. The van der Waals surface area contributed by atoms with Crippen LogP contribution in [0.3, 0.4) is 0 Å². The fourth-order valence-corrected chi connectivity index (χ4v) is 1.50. The summed E-state index contributed by atoms with van der Waals surface area (Å²) in [7, 11) is -4.42. The third-order valence-corrected chi connectivity index (χ3v) is 2.82. The lowest BCUT2D eigenvalue weighted by Gasteiger charge is -2.04. The fraction of sp³-hybridized carbons (Fsp3) is 0.333. The van der Waals surface area contributed by atoms with Crippen LogP contribution in [-0.4, -0.2) is 34.7 Å². The van der Waals surface area contributed by atoms with Gasteiger partial charge in [-0.15, -0.1) is 0 Å². The van der Waals surface area contributed by atoms with Gasteiger partial charge in [-0.3, -0.25) is 34.6 Å². The first-order valence-electron chi connectivity index (χ1n) is 13.9. The van der Waals surface area contributed by atoms with Crippen molar-refractivity contribution in [3.05, 3.63) is 67.2 Å². The van der Waals surface area contributed by atoms with Gasteiger partial charge in [-0.1, -0.05) is 0 Å². The van der Waals surface area contributed by atoms with E-state index in [1.807, 2.05) is 0 Å². The summed E-state index contributed by atoms with van der Waals surface area (Å²) < 4.78 is 135. The highest BCUT2D eigenvalue weighted by molar-refractivity contribution is 7.85. The van der Waals surface area contributed by atoms with Crippen molar-refractivity contribution in [2.45, 2.75) is 27.1 Å². The van der Waals surface area contributed by atoms with Crippen molar-refractivity contribution in [2.24, 2.45) is 0 Å². The minimum absolute atomic E-state index is 0.329. The molecule has 2 heterocycles. The van der Waals surface area contributed by atoms with E-state index in [0.717, 1.165) is 0 Å². The molecule has 2 rings (SSSR count). The SMILES string of the molecule is [2H]c1c([N+](=O)[O-])c(C([2H])([2H])[2H])c(C([2H])([2H])[2H])[n+](O)c1[2H].[2H]c1nc(C([2H])([2H])OS(C)(=O)=O)c(C([2H])([2H])[2H])c([N+](=O)[O-])c1[2H]. The maximum Gasteiger partial charge on any atom is 0.284 e. The zero-order valence-corrected chi connectivity index (χ0v) is 14.3. The molecule has 0 aliphatic carbocycles. The van der Waals surface area contributed by atoms with Gasteiger partial charge in [-0.25, -0.2) is 0 Å². The first-order valence-corrected chi connectivity index (χ1v) is 8.20. The molecule has 0 bridgehead atoms. The van der Waals surface area contributed by atoms with Crippen LogP contribution in [0.4, 0.5) is 11.4 Å². The lowest BCUT2D eigenvalue weighted by molar-refractivity contribution is -0.909. The molecule has 0 aromatic carbocycles. The Balaban J connectivity index is 0.000000434. The molecule has 0 aliphatic rings. The molecule has 2 aromatic heterocycles. The quantitative estimate of drug-likeness (QED) is 0.243. The number of nitrogens with zero attached hydrogens (tertiary/aromatic N) is 4. The molecule has 13 heteroatoms. The largest absolute Gasteiger partial charge is 0.285 e. The number of aromatic nitrogens is 2. The average Bonchev–Trinajstić information content (AvgIpc) is 2.74. The van der Waals surface area contributed by atoms with Crippen molar-refractivity contribution in [2.75, 3.05) is 6.26 Å². The Morgan fingerprint density at radius 3 is 2.36 bits per heavy atom. The van der Waals surface area contributed by atoms with E-state index >= 15 is 0 Å². The Bertz CT molecular complexity index is 1570. The van der Waals surface area contributed by atoms with Crippen LogP contribution in [-0.2, 0) is 20.9 Å². The summed E-state index contributed by atoms with van der Waals surface area (Å²) in [5, 5.41) is 31.5. The Morgan fingerprint density at radius 1 is 1.25 bits per heavy atom. The first-order chi connectivity index (χ1) is 18.9. The highest BCUT2D eigenvalue weighted by atomic mass is 32.2. The predicted molar refractivity (Wildman–Crippen MR) is 95.2 cm³/mol. The maximum absolute atomic E-state index is 11.1. The van der Waals surface area contributed by atoms with Gasteiger partial charge < -0.3 is 0 Å². The van der Waals surface area contributed by atoms with Gasteiger partial charge in [0.2, 0.25) is 11.9 Å². The van der Waals surface area contributed by atoms with Gasteiger partial charge in [0.05, 0.1) is 45.8 Å². The normalized spacial score (nSPS) is 20.4. The van der Waals surface area contributed by atoms with E-state index in [0.29, 0.717) is 6.26 Å². The monoisotopic (exact) mass is 430 g/mol. The number of rotatable bonds is 5. The summed E-state index contributed by atoms with van der Waals surface area (Å²) in [4.78, 5) is 22.6. The minimum Gasteiger partial charge on any atom is -0.285 e. The lowest BCUT2D eigenvalue weighted by Crippen LogP contribution is -2.34. The van der Waals surface area contributed by atoms with Crippen LogP contribution in [0.25, 0.3) is 0 Å². The van der Waals surface area contributed by atoms with E-state index in [2.05, 4.69) is 9.17 Å². The molecular weight excluding hydrogens is 396 g/mol. The van der Waals surface area contributed by atoms with Gasteiger partial charge >= 0.3 is 0 Å². The molecule has 0 atom stereocenters. The fourth-order valence-electron chi connectivity index (χ4n) is 1.27. The Kier molecular flexibility index (Phi) is 2.90.